The molecule has 17 rings (SSSR count). The normalized spacial score (nSPS) is 15.8. The molecular formula is C76H62BClF4N6O10. The second-order valence-electron chi connectivity index (χ2n) is 25.7. The van der Waals surface area contributed by atoms with Crippen LogP contribution in [0.15, 0.2) is 154 Å². The number of ketones is 2. The van der Waals surface area contributed by atoms with E-state index in [-0.39, 0.29) is 60.4 Å². The third kappa shape index (κ3) is 11.0. The third-order valence-corrected chi connectivity index (χ3v) is 19.4. The zero-order valence-corrected chi connectivity index (χ0v) is 54.9. The number of halogens is 5. The van der Waals surface area contributed by atoms with Crippen LogP contribution >= 0.6 is 11.6 Å². The summed E-state index contributed by atoms with van der Waals surface area (Å²) in [4.78, 5) is 65.0. The molecule has 0 N–H and O–H groups in total. The number of pyridine rings is 2. The van der Waals surface area contributed by atoms with Crippen molar-refractivity contribution in [3.8, 4) is 68.2 Å². The molecule has 22 heteroatoms. The van der Waals surface area contributed by atoms with Gasteiger partial charge in [0, 0.05) is 100 Å². The predicted octanol–water partition coefficient (Wildman–Crippen LogP) is 17.2. The van der Waals surface area contributed by atoms with E-state index in [1.54, 1.807) is 96.4 Å². The molecule has 3 fully saturated rings. The minimum Gasteiger partial charge on any atom is -0.470 e. The number of furan rings is 2. The highest BCUT2D eigenvalue weighted by atomic mass is 35.5. The molecule has 0 atom stereocenters. The van der Waals surface area contributed by atoms with Gasteiger partial charge in [-0.25, -0.2) is 27.5 Å². The summed E-state index contributed by atoms with van der Waals surface area (Å²) in [6, 6.07) is 39.6. The summed E-state index contributed by atoms with van der Waals surface area (Å²) in [7, 11) is -0.721. The van der Waals surface area contributed by atoms with Crippen molar-refractivity contribution >= 4 is 103 Å². The molecule has 16 nitrogen and oxygen atoms in total. The van der Waals surface area contributed by atoms with E-state index in [1.807, 2.05) is 73.2 Å². The number of rotatable bonds is 10. The van der Waals surface area contributed by atoms with Crippen LogP contribution in [-0.2, 0) is 32.4 Å². The largest absolute Gasteiger partial charge is 0.497 e. The molecule has 0 saturated carbocycles. The summed E-state index contributed by atoms with van der Waals surface area (Å²) < 4.78 is 96.5. The number of carbonyl (C=O) groups is 4. The van der Waals surface area contributed by atoms with Crippen molar-refractivity contribution in [3.63, 3.8) is 0 Å². The van der Waals surface area contributed by atoms with Gasteiger partial charge in [0.15, 0.2) is 25.0 Å². The zero-order chi connectivity index (χ0) is 68.2. The van der Waals surface area contributed by atoms with Crippen molar-refractivity contribution in [2.24, 2.45) is 0 Å². The van der Waals surface area contributed by atoms with Crippen LogP contribution in [0.3, 0.4) is 0 Å². The minimum absolute atomic E-state index is 0.0160. The Balaban J connectivity index is 0.000000129. The predicted molar refractivity (Wildman–Crippen MR) is 367 cm³/mol. The average Bonchev–Trinajstić information content (AvgIpc) is 1.56. The summed E-state index contributed by atoms with van der Waals surface area (Å²) in [6.07, 6.45) is 2.89. The molecule has 0 radical (unpaired) electrons. The number of aromatic nitrogens is 4. The first-order valence-corrected chi connectivity index (χ1v) is 32.8. The number of nitrogens with zero attached hydrogens (tertiary/aromatic N) is 6. The molecular weight excluding hydrogens is 1280 g/mol. The molecule has 494 valence electrons. The van der Waals surface area contributed by atoms with Gasteiger partial charge in [0.1, 0.15) is 74.0 Å². The number of amides is 2. The van der Waals surface area contributed by atoms with E-state index in [2.05, 4.69) is 4.98 Å². The average molecular weight is 1340 g/mol. The first kappa shape index (κ1) is 63.7. The maximum absolute atomic E-state index is 14.7. The standard InChI is InChI=1S/C35H25F2N3O4.C27H29BFNO5.C14H8ClFN2O/c1-2-29(41)33-23-15-22(25-12-13-30-34(38-25)28-16-21-24(37)5-3-6-26(21)40(28)18-43-30)27(39-14-4-7-32(39)42)17-31(23)44-35(33)19-8-10-20(36)11-9-19;1-6-21(31)24-18-14-19(28-34-26(2,3)27(4,5)35-28)20(30-13-7-8-23(30)32)15-22(18)33-25(24)16-9-11-17(29)12-10-16;15-13-5-4-12-14(17-13)11-6-8-9(16)2-1-3-10(8)18(11)7-19-12/h3,5-6,8-13,15-17H,2,4,7,14,18H2,1H3;9-12,14-15H,6-8,13H2,1-5H3;1-6H,7H2. The van der Waals surface area contributed by atoms with Gasteiger partial charge in [-0.15, -0.1) is 0 Å². The summed E-state index contributed by atoms with van der Waals surface area (Å²) in [6.45, 7) is 13.2. The molecule has 6 aromatic heterocycles. The van der Waals surface area contributed by atoms with Crippen molar-refractivity contribution < 1.29 is 64.4 Å². The topological polar surface area (TPSA) is 174 Å². The molecule has 11 heterocycles. The summed E-state index contributed by atoms with van der Waals surface area (Å²) in [5, 5.41) is 2.63. The van der Waals surface area contributed by atoms with E-state index < -0.39 is 24.1 Å². The monoisotopic (exact) mass is 1340 g/mol. The van der Waals surface area contributed by atoms with Crippen LogP contribution in [0.5, 0.6) is 11.5 Å². The van der Waals surface area contributed by atoms with Gasteiger partial charge in [0.05, 0.1) is 56.1 Å². The quantitative estimate of drug-likeness (QED) is 0.0549. The Labute approximate surface area is 564 Å². The molecule has 3 saturated heterocycles. The molecule has 6 aromatic carbocycles. The maximum Gasteiger partial charge on any atom is 0.497 e. The van der Waals surface area contributed by atoms with Crippen LogP contribution in [0.2, 0.25) is 5.15 Å². The number of hydrogen-bond acceptors (Lipinski definition) is 12. The van der Waals surface area contributed by atoms with E-state index in [4.69, 9.17) is 44.2 Å². The molecule has 0 bridgehead atoms. The Morgan fingerprint density at radius 2 is 1.02 bits per heavy atom. The van der Waals surface area contributed by atoms with Crippen molar-refractivity contribution in [2.75, 3.05) is 22.9 Å². The molecule has 98 heavy (non-hydrogen) atoms. The Bertz CT molecular complexity index is 5280. The SMILES string of the molecule is CCC(=O)c1c(-c2ccc(F)cc2)oc2cc(N3CCCC3=O)c(-c3ccc4c(n3)-c3cc5c(F)cccc5n3CO4)cc12.CCC(=O)c1c(-c2ccc(F)cc2)oc2cc(N3CCCC3=O)c(B3OC(C)(C)C(C)(C)O3)cc12.Fc1cccc2c1cc1n2COc2ccc(Cl)nc2-1. The highest BCUT2D eigenvalue weighted by Gasteiger charge is 2.53. The fourth-order valence-corrected chi connectivity index (χ4v) is 13.6. The van der Waals surface area contributed by atoms with Crippen molar-refractivity contribution in [2.45, 2.75) is 105 Å². The van der Waals surface area contributed by atoms with Gasteiger partial charge < -0.3 is 46.6 Å². The fraction of sp³-hybridized carbons (Fsp3) is 0.237. The molecule has 0 spiro atoms. The van der Waals surface area contributed by atoms with E-state index in [9.17, 15) is 36.7 Å². The number of Topliss-reactive ketones (excluding diaryl/α,β-unsaturated/α-hetero) is 2. The van der Waals surface area contributed by atoms with Gasteiger partial charge in [-0.3, -0.25) is 19.2 Å². The number of hydrogen-bond donors (Lipinski definition) is 0. The number of carbonyl (C=O) groups excluding carboxylic acids is 4. The smallest absolute Gasteiger partial charge is 0.470 e. The summed E-state index contributed by atoms with van der Waals surface area (Å²) >= 11 is 5.92. The second kappa shape index (κ2) is 24.6. The van der Waals surface area contributed by atoms with Crippen molar-refractivity contribution in [3.05, 3.63) is 185 Å². The van der Waals surface area contributed by atoms with Crippen LogP contribution < -0.4 is 24.7 Å². The first-order chi connectivity index (χ1) is 47.2. The summed E-state index contributed by atoms with van der Waals surface area (Å²) in [5.41, 5.74) is 9.19. The minimum atomic E-state index is -0.721. The molecule has 0 unspecified atom stereocenters. The lowest BCUT2D eigenvalue weighted by molar-refractivity contribution is -0.117. The fourth-order valence-electron chi connectivity index (χ4n) is 13.5. The number of anilines is 2. The van der Waals surface area contributed by atoms with Gasteiger partial charge in [0.25, 0.3) is 0 Å². The van der Waals surface area contributed by atoms with Crippen LogP contribution in [0.25, 0.3) is 100 Å². The second-order valence-corrected chi connectivity index (χ2v) is 26.1. The van der Waals surface area contributed by atoms with Crippen LogP contribution in [-0.4, -0.2) is 73.9 Å². The molecule has 12 aromatic rings. The van der Waals surface area contributed by atoms with Crippen molar-refractivity contribution in [1.82, 2.24) is 19.1 Å². The lowest BCUT2D eigenvalue weighted by Crippen LogP contribution is -2.41. The number of benzene rings is 6. The molecule has 5 aliphatic rings. The van der Waals surface area contributed by atoms with Gasteiger partial charge in [0.2, 0.25) is 11.8 Å². The number of ether oxygens (including phenoxy) is 2. The van der Waals surface area contributed by atoms with E-state index in [0.29, 0.717) is 167 Å². The number of fused-ring (bicyclic) bond motifs is 12. The Morgan fingerprint density at radius 3 is 1.51 bits per heavy atom. The van der Waals surface area contributed by atoms with E-state index >= 15 is 0 Å². The van der Waals surface area contributed by atoms with E-state index in [1.165, 1.54) is 36.4 Å². The third-order valence-electron chi connectivity index (χ3n) is 19.2. The lowest BCUT2D eigenvalue weighted by atomic mass is 9.76. The van der Waals surface area contributed by atoms with Gasteiger partial charge >= 0.3 is 7.12 Å². The molecule has 0 aliphatic carbocycles. The van der Waals surface area contributed by atoms with Crippen LogP contribution in [0.1, 0.15) is 101 Å². The molecule has 5 aliphatic heterocycles. The van der Waals surface area contributed by atoms with Gasteiger partial charge in [-0.05, 0) is 162 Å². The van der Waals surface area contributed by atoms with Gasteiger partial charge in [-0.2, -0.15) is 0 Å². The van der Waals surface area contributed by atoms with Crippen LogP contribution in [0.4, 0.5) is 28.9 Å². The molecule has 2 amide bonds. The van der Waals surface area contributed by atoms with Gasteiger partial charge in [-0.1, -0.05) is 37.6 Å². The van der Waals surface area contributed by atoms with Crippen LogP contribution in [0, 0.1) is 23.3 Å². The Morgan fingerprint density at radius 1 is 0.551 bits per heavy atom. The Hall–Kier alpha value is -10.3. The highest BCUT2D eigenvalue weighted by Crippen LogP contribution is 2.47. The Kier molecular flexibility index (Phi) is 16.0. The van der Waals surface area contributed by atoms with E-state index in [0.717, 1.165) is 23.3 Å². The first-order valence-electron chi connectivity index (χ1n) is 32.4. The maximum atomic E-state index is 14.7. The summed E-state index contributed by atoms with van der Waals surface area (Å²) in [5.74, 6) is 0.419. The highest BCUT2D eigenvalue weighted by molar-refractivity contribution is 6.64. The lowest BCUT2D eigenvalue weighted by Gasteiger charge is -2.32. The van der Waals surface area contributed by atoms with Crippen molar-refractivity contribution in [1.29, 1.82) is 0 Å². The zero-order valence-electron chi connectivity index (χ0n) is 54.2.